The third kappa shape index (κ3) is 4.18. The number of carbonyl (C=O) groups excluding carboxylic acids is 1. The van der Waals surface area contributed by atoms with Crippen LogP contribution in [0.25, 0.3) is 0 Å². The standard InChI is InChI=1S/C9H20O2SSi/c1-9(2,3)13(4,5)11-8(10)6-7-12/h12H,6-7H2,1-5H3. The molecule has 0 spiro atoms. The Kier molecular flexibility index (Phi) is 4.52. The van der Waals surface area contributed by atoms with Gasteiger partial charge >= 0.3 is 0 Å². The third-order valence-corrected chi connectivity index (χ3v) is 7.07. The van der Waals surface area contributed by atoms with Crippen LogP contribution in [0, 0.1) is 0 Å². The molecular weight excluding hydrogens is 200 g/mol. The van der Waals surface area contributed by atoms with E-state index >= 15 is 0 Å². The van der Waals surface area contributed by atoms with Crippen molar-refractivity contribution in [2.45, 2.75) is 45.3 Å². The van der Waals surface area contributed by atoms with Crippen LogP contribution in [0.3, 0.4) is 0 Å². The second-order valence-corrected chi connectivity index (χ2v) is 9.88. The van der Waals surface area contributed by atoms with Crippen molar-refractivity contribution < 1.29 is 9.22 Å². The van der Waals surface area contributed by atoms with E-state index in [9.17, 15) is 4.79 Å². The molecule has 13 heavy (non-hydrogen) atoms. The molecule has 0 atom stereocenters. The summed E-state index contributed by atoms with van der Waals surface area (Å²) in [6.45, 7) is 10.5. The molecule has 0 amide bonds. The molecule has 0 aliphatic heterocycles. The molecule has 0 aromatic rings. The molecule has 0 radical (unpaired) electrons. The van der Waals surface area contributed by atoms with Crippen LogP contribution in [-0.4, -0.2) is 20.0 Å². The molecule has 0 fully saturated rings. The van der Waals surface area contributed by atoms with Crippen LogP contribution in [0.2, 0.25) is 18.1 Å². The maximum atomic E-state index is 11.3. The zero-order valence-electron chi connectivity index (χ0n) is 9.18. The predicted octanol–water partition coefficient (Wildman–Crippen LogP) is 2.85. The van der Waals surface area contributed by atoms with E-state index in [0.29, 0.717) is 12.2 Å². The van der Waals surface area contributed by atoms with Crippen molar-refractivity contribution >= 4 is 26.9 Å². The first kappa shape index (κ1) is 13.0. The monoisotopic (exact) mass is 220 g/mol. The molecule has 0 rings (SSSR count). The Balaban J connectivity index is 4.26. The highest BCUT2D eigenvalue weighted by molar-refractivity contribution is 7.80. The van der Waals surface area contributed by atoms with E-state index in [-0.39, 0.29) is 11.0 Å². The highest BCUT2D eigenvalue weighted by Crippen LogP contribution is 2.36. The van der Waals surface area contributed by atoms with Gasteiger partial charge < -0.3 is 4.43 Å². The number of rotatable bonds is 3. The molecule has 0 N–H and O–H groups in total. The average Bonchev–Trinajstić information content (AvgIpc) is 1.83. The fraction of sp³-hybridized carbons (Fsp3) is 0.889. The Morgan fingerprint density at radius 1 is 1.38 bits per heavy atom. The highest BCUT2D eigenvalue weighted by Gasteiger charge is 2.40. The molecule has 0 saturated heterocycles. The van der Waals surface area contributed by atoms with E-state index in [2.05, 4.69) is 46.5 Å². The molecule has 0 aliphatic carbocycles. The van der Waals surface area contributed by atoms with Crippen LogP contribution in [0.5, 0.6) is 0 Å². The molecule has 4 heteroatoms. The Morgan fingerprint density at radius 3 is 2.15 bits per heavy atom. The number of thiol groups is 1. The fourth-order valence-electron chi connectivity index (χ4n) is 0.580. The second-order valence-electron chi connectivity index (χ2n) is 4.71. The van der Waals surface area contributed by atoms with Gasteiger partial charge in [0.05, 0.1) is 6.42 Å². The summed E-state index contributed by atoms with van der Waals surface area (Å²) >= 11 is 4.00. The average molecular weight is 220 g/mol. The van der Waals surface area contributed by atoms with Gasteiger partial charge in [-0.3, -0.25) is 4.79 Å². The van der Waals surface area contributed by atoms with Crippen molar-refractivity contribution in [3.8, 4) is 0 Å². The Labute approximate surface area is 87.6 Å². The third-order valence-electron chi connectivity index (χ3n) is 2.49. The zero-order valence-corrected chi connectivity index (χ0v) is 11.1. The molecule has 0 aliphatic rings. The maximum Gasteiger partial charge on any atom is 0.293 e. The van der Waals surface area contributed by atoms with Crippen LogP contribution in [0.1, 0.15) is 27.2 Å². The van der Waals surface area contributed by atoms with Gasteiger partial charge in [0.1, 0.15) is 0 Å². The van der Waals surface area contributed by atoms with Gasteiger partial charge in [0.25, 0.3) is 14.3 Å². The highest BCUT2D eigenvalue weighted by atomic mass is 32.1. The van der Waals surface area contributed by atoms with Crippen LogP contribution in [0.4, 0.5) is 0 Å². The normalized spacial score (nSPS) is 12.8. The SMILES string of the molecule is CC(C)(C)[Si](C)(C)OC(=O)CCS. The van der Waals surface area contributed by atoms with E-state index in [1.165, 1.54) is 0 Å². The van der Waals surface area contributed by atoms with Gasteiger partial charge in [-0.2, -0.15) is 12.6 Å². The minimum Gasteiger partial charge on any atom is -0.519 e. The van der Waals surface area contributed by atoms with Crippen LogP contribution in [-0.2, 0) is 9.22 Å². The van der Waals surface area contributed by atoms with Gasteiger partial charge in [-0.15, -0.1) is 0 Å². The summed E-state index contributed by atoms with van der Waals surface area (Å²) in [6, 6.07) is 0. The quantitative estimate of drug-likeness (QED) is 0.585. The molecule has 2 nitrogen and oxygen atoms in total. The lowest BCUT2D eigenvalue weighted by atomic mass is 10.2. The summed E-state index contributed by atoms with van der Waals surface area (Å²) in [4.78, 5) is 11.3. The van der Waals surface area contributed by atoms with Crippen LogP contribution >= 0.6 is 12.6 Å². The second kappa shape index (κ2) is 4.51. The Hall–Kier alpha value is 0.0369. The van der Waals surface area contributed by atoms with Gasteiger partial charge in [0.15, 0.2) is 0 Å². The molecule has 0 bridgehead atoms. The molecule has 0 aromatic heterocycles. The van der Waals surface area contributed by atoms with Gasteiger partial charge in [-0.1, -0.05) is 20.8 Å². The van der Waals surface area contributed by atoms with Gasteiger partial charge in [0.2, 0.25) is 0 Å². The van der Waals surface area contributed by atoms with Crippen LogP contribution < -0.4 is 0 Å². The fourth-order valence-corrected chi connectivity index (χ4v) is 1.74. The van der Waals surface area contributed by atoms with Gasteiger partial charge in [-0.25, -0.2) is 0 Å². The first-order valence-electron chi connectivity index (χ1n) is 4.53. The topological polar surface area (TPSA) is 26.3 Å². The van der Waals surface area contributed by atoms with E-state index in [1.807, 2.05) is 0 Å². The number of carbonyl (C=O) groups is 1. The Morgan fingerprint density at radius 2 is 1.85 bits per heavy atom. The lowest BCUT2D eigenvalue weighted by molar-refractivity contribution is -0.134. The van der Waals surface area contributed by atoms with E-state index in [0.717, 1.165) is 0 Å². The molecule has 0 heterocycles. The summed E-state index contributed by atoms with van der Waals surface area (Å²) in [5, 5.41) is 0.0965. The molecule has 0 unspecified atom stereocenters. The van der Waals surface area contributed by atoms with Crippen LogP contribution in [0.15, 0.2) is 0 Å². The molecule has 78 valence electrons. The summed E-state index contributed by atoms with van der Waals surface area (Å²) in [7, 11) is -1.89. The van der Waals surface area contributed by atoms with Crippen molar-refractivity contribution in [3.63, 3.8) is 0 Å². The summed E-state index contributed by atoms with van der Waals surface area (Å²) < 4.78 is 5.49. The van der Waals surface area contributed by atoms with Crippen molar-refractivity contribution in [2.24, 2.45) is 0 Å². The number of hydrogen-bond acceptors (Lipinski definition) is 3. The first-order valence-corrected chi connectivity index (χ1v) is 8.07. The first-order chi connectivity index (χ1) is 5.70. The minimum absolute atomic E-state index is 0.0965. The largest absolute Gasteiger partial charge is 0.519 e. The van der Waals surface area contributed by atoms with E-state index in [1.54, 1.807) is 0 Å². The predicted molar refractivity (Wildman–Crippen MR) is 61.8 cm³/mol. The molecular formula is C9H20O2SSi. The lowest BCUT2D eigenvalue weighted by Crippen LogP contribution is -2.42. The van der Waals surface area contributed by atoms with Gasteiger partial charge in [-0.05, 0) is 18.1 Å². The van der Waals surface area contributed by atoms with Crippen molar-refractivity contribution in [1.29, 1.82) is 0 Å². The minimum atomic E-state index is -1.89. The molecule has 0 saturated carbocycles. The smallest absolute Gasteiger partial charge is 0.293 e. The van der Waals surface area contributed by atoms with Crippen molar-refractivity contribution in [3.05, 3.63) is 0 Å². The van der Waals surface area contributed by atoms with E-state index < -0.39 is 8.32 Å². The summed E-state index contributed by atoms with van der Waals surface area (Å²) in [6.07, 6.45) is 0.412. The maximum absolute atomic E-state index is 11.3. The zero-order chi connectivity index (χ0) is 10.7. The van der Waals surface area contributed by atoms with Gasteiger partial charge in [0, 0.05) is 5.75 Å². The van der Waals surface area contributed by atoms with Crippen molar-refractivity contribution in [1.82, 2.24) is 0 Å². The Bertz CT molecular complexity index is 185. The summed E-state index contributed by atoms with van der Waals surface area (Å²) in [5.41, 5.74) is 0. The van der Waals surface area contributed by atoms with Crippen molar-refractivity contribution in [2.75, 3.05) is 5.75 Å². The van der Waals surface area contributed by atoms with E-state index in [4.69, 9.17) is 4.43 Å². The molecule has 0 aromatic carbocycles. The number of hydrogen-bond donors (Lipinski definition) is 1. The summed E-state index contributed by atoms with van der Waals surface area (Å²) in [5.74, 6) is 0.453. The lowest BCUT2D eigenvalue weighted by Gasteiger charge is -2.35.